The normalized spacial score (nSPS) is 20.7. The number of ether oxygens (including phenoxy) is 2. The van der Waals surface area contributed by atoms with Gasteiger partial charge in [-0.3, -0.25) is 4.90 Å². The van der Waals surface area contributed by atoms with Crippen LogP contribution in [0.15, 0.2) is 18.2 Å². The van der Waals surface area contributed by atoms with Crippen LogP contribution in [0.5, 0.6) is 5.75 Å². The van der Waals surface area contributed by atoms with Crippen LogP contribution >= 0.6 is 23.2 Å². The zero-order chi connectivity index (χ0) is 15.2. The van der Waals surface area contributed by atoms with Gasteiger partial charge in [0, 0.05) is 22.7 Å². The lowest BCUT2D eigenvalue weighted by atomic mass is 10.1. The first-order valence-corrected chi connectivity index (χ1v) is 8.34. The van der Waals surface area contributed by atoms with Crippen LogP contribution in [0.25, 0.3) is 0 Å². The predicted octanol–water partition coefficient (Wildman–Crippen LogP) is 4.26. The first kappa shape index (κ1) is 16.9. The van der Waals surface area contributed by atoms with Gasteiger partial charge in [0.25, 0.3) is 0 Å². The van der Waals surface area contributed by atoms with Gasteiger partial charge in [0.2, 0.25) is 0 Å². The number of hydrogen-bond donors (Lipinski definition) is 0. The zero-order valence-electron chi connectivity index (χ0n) is 12.6. The minimum absolute atomic E-state index is 0.00179. The van der Waals surface area contributed by atoms with E-state index in [4.69, 9.17) is 32.7 Å². The van der Waals surface area contributed by atoms with Crippen molar-refractivity contribution < 1.29 is 9.47 Å². The van der Waals surface area contributed by atoms with Gasteiger partial charge in [0.15, 0.2) is 0 Å². The molecular formula is C16H23Cl2NO2. The molecular weight excluding hydrogens is 309 g/mol. The Labute approximate surface area is 137 Å². The molecule has 118 valence electrons. The van der Waals surface area contributed by atoms with Crippen molar-refractivity contribution in [2.75, 3.05) is 26.3 Å². The predicted molar refractivity (Wildman–Crippen MR) is 87.6 cm³/mol. The van der Waals surface area contributed by atoms with Crippen LogP contribution < -0.4 is 4.74 Å². The van der Waals surface area contributed by atoms with E-state index in [2.05, 4.69) is 11.8 Å². The molecule has 0 saturated carbocycles. The minimum Gasteiger partial charge on any atom is -0.486 e. The fourth-order valence-electron chi connectivity index (χ4n) is 2.89. The molecule has 0 aliphatic carbocycles. The lowest BCUT2D eigenvalue weighted by Crippen LogP contribution is -2.44. The maximum Gasteiger partial charge on any atom is 0.137 e. The Kier molecular flexibility index (Phi) is 6.62. The standard InChI is InChI=1S/C16H23Cl2NO2/c1-3-19-7-5-6-15(19)16(11-20-4-2)21-14-9-12(17)8-13(18)10-14/h8-10,15-16H,3-7,11H2,1-2H3. The van der Waals surface area contributed by atoms with Crippen molar-refractivity contribution in [3.63, 3.8) is 0 Å². The maximum absolute atomic E-state index is 6.16. The number of hydrogen-bond acceptors (Lipinski definition) is 3. The maximum atomic E-state index is 6.16. The number of likely N-dealkylation sites (N-methyl/N-ethyl adjacent to an activating group) is 1. The lowest BCUT2D eigenvalue weighted by molar-refractivity contribution is 0.0128. The van der Waals surface area contributed by atoms with E-state index in [1.165, 1.54) is 6.42 Å². The molecule has 5 heteroatoms. The Bertz CT molecular complexity index is 436. The van der Waals surface area contributed by atoms with Crippen LogP contribution in [0.1, 0.15) is 26.7 Å². The van der Waals surface area contributed by atoms with Gasteiger partial charge >= 0.3 is 0 Å². The molecule has 1 saturated heterocycles. The van der Waals surface area contributed by atoms with Crippen molar-refractivity contribution in [2.24, 2.45) is 0 Å². The Morgan fingerprint density at radius 2 is 1.95 bits per heavy atom. The van der Waals surface area contributed by atoms with Crippen LogP contribution in [0.4, 0.5) is 0 Å². The third kappa shape index (κ3) is 4.75. The molecule has 0 amide bonds. The van der Waals surface area contributed by atoms with Crippen LogP contribution in [0.3, 0.4) is 0 Å². The van der Waals surface area contributed by atoms with Gasteiger partial charge in [-0.05, 0) is 51.1 Å². The fraction of sp³-hybridized carbons (Fsp3) is 0.625. The quantitative estimate of drug-likeness (QED) is 0.745. The summed E-state index contributed by atoms with van der Waals surface area (Å²) in [4.78, 5) is 2.45. The van der Waals surface area contributed by atoms with Crippen molar-refractivity contribution in [3.05, 3.63) is 28.2 Å². The van der Waals surface area contributed by atoms with Crippen molar-refractivity contribution >= 4 is 23.2 Å². The van der Waals surface area contributed by atoms with Crippen molar-refractivity contribution in [1.29, 1.82) is 0 Å². The monoisotopic (exact) mass is 331 g/mol. The van der Waals surface area contributed by atoms with Crippen LogP contribution in [0, 0.1) is 0 Å². The third-order valence-electron chi connectivity index (χ3n) is 3.86. The van der Waals surface area contributed by atoms with E-state index < -0.39 is 0 Å². The lowest BCUT2D eigenvalue weighted by Gasteiger charge is -2.31. The number of halogens is 2. The SMILES string of the molecule is CCOCC(Oc1cc(Cl)cc(Cl)c1)C1CCCN1CC. The Balaban J connectivity index is 2.11. The van der Waals surface area contributed by atoms with Crippen LogP contribution in [-0.2, 0) is 4.74 Å². The number of likely N-dealkylation sites (tertiary alicyclic amines) is 1. The van der Waals surface area contributed by atoms with E-state index >= 15 is 0 Å². The van der Waals surface area contributed by atoms with E-state index in [1.807, 2.05) is 6.92 Å². The van der Waals surface area contributed by atoms with Crippen LogP contribution in [0.2, 0.25) is 10.0 Å². The van der Waals surface area contributed by atoms with Gasteiger partial charge in [-0.25, -0.2) is 0 Å². The smallest absolute Gasteiger partial charge is 0.137 e. The van der Waals surface area contributed by atoms with Crippen molar-refractivity contribution in [3.8, 4) is 5.75 Å². The number of benzene rings is 1. The molecule has 1 aliphatic heterocycles. The minimum atomic E-state index is 0.00179. The fourth-order valence-corrected chi connectivity index (χ4v) is 3.40. The molecule has 1 heterocycles. The molecule has 1 fully saturated rings. The summed E-state index contributed by atoms with van der Waals surface area (Å²) in [6.07, 6.45) is 2.35. The topological polar surface area (TPSA) is 21.7 Å². The highest BCUT2D eigenvalue weighted by molar-refractivity contribution is 6.34. The summed E-state index contributed by atoms with van der Waals surface area (Å²) < 4.78 is 11.8. The molecule has 2 atom stereocenters. The largest absolute Gasteiger partial charge is 0.486 e. The molecule has 3 nitrogen and oxygen atoms in total. The van der Waals surface area contributed by atoms with Gasteiger partial charge in [-0.2, -0.15) is 0 Å². The Morgan fingerprint density at radius 3 is 2.57 bits per heavy atom. The highest BCUT2D eigenvalue weighted by atomic mass is 35.5. The highest BCUT2D eigenvalue weighted by Gasteiger charge is 2.32. The first-order chi connectivity index (χ1) is 10.1. The van der Waals surface area contributed by atoms with E-state index in [9.17, 15) is 0 Å². The van der Waals surface area contributed by atoms with Gasteiger partial charge in [-0.15, -0.1) is 0 Å². The summed E-state index contributed by atoms with van der Waals surface area (Å²) in [5.41, 5.74) is 0. The van der Waals surface area contributed by atoms with Gasteiger partial charge in [0.05, 0.1) is 6.61 Å². The molecule has 0 spiro atoms. The average molecular weight is 332 g/mol. The second kappa shape index (κ2) is 8.23. The molecule has 2 unspecified atom stereocenters. The van der Waals surface area contributed by atoms with Gasteiger partial charge in [0.1, 0.15) is 11.9 Å². The van der Waals surface area contributed by atoms with E-state index in [1.54, 1.807) is 18.2 Å². The van der Waals surface area contributed by atoms with Gasteiger partial charge in [-0.1, -0.05) is 30.1 Å². The molecule has 0 radical (unpaired) electrons. The number of rotatable bonds is 7. The molecule has 1 aliphatic rings. The van der Waals surface area contributed by atoms with Crippen LogP contribution in [-0.4, -0.2) is 43.3 Å². The first-order valence-electron chi connectivity index (χ1n) is 7.58. The molecule has 0 bridgehead atoms. The average Bonchev–Trinajstić information content (AvgIpc) is 2.90. The van der Waals surface area contributed by atoms with Gasteiger partial charge < -0.3 is 9.47 Å². The molecule has 2 rings (SSSR count). The Morgan fingerprint density at radius 1 is 1.24 bits per heavy atom. The molecule has 21 heavy (non-hydrogen) atoms. The summed E-state index contributed by atoms with van der Waals surface area (Å²) in [6.45, 7) is 7.62. The van der Waals surface area contributed by atoms with E-state index in [-0.39, 0.29) is 6.10 Å². The number of nitrogens with zero attached hydrogens (tertiary/aromatic N) is 1. The van der Waals surface area contributed by atoms with Crippen molar-refractivity contribution in [2.45, 2.75) is 38.8 Å². The molecule has 1 aromatic rings. The summed E-state index contributed by atoms with van der Waals surface area (Å²) >= 11 is 12.1. The van der Waals surface area contributed by atoms with E-state index in [0.29, 0.717) is 35.1 Å². The molecule has 1 aromatic carbocycles. The van der Waals surface area contributed by atoms with E-state index in [0.717, 1.165) is 19.5 Å². The molecule has 0 aromatic heterocycles. The third-order valence-corrected chi connectivity index (χ3v) is 4.30. The Hall–Kier alpha value is -0.480. The highest BCUT2D eigenvalue weighted by Crippen LogP contribution is 2.28. The second-order valence-electron chi connectivity index (χ2n) is 5.26. The molecule has 0 N–H and O–H groups in total. The van der Waals surface area contributed by atoms with Crippen molar-refractivity contribution in [1.82, 2.24) is 4.90 Å². The zero-order valence-corrected chi connectivity index (χ0v) is 14.2. The summed E-state index contributed by atoms with van der Waals surface area (Å²) in [5.74, 6) is 0.708. The summed E-state index contributed by atoms with van der Waals surface area (Å²) in [6, 6.07) is 5.70. The summed E-state index contributed by atoms with van der Waals surface area (Å²) in [5, 5.41) is 1.18. The second-order valence-corrected chi connectivity index (χ2v) is 6.13. The summed E-state index contributed by atoms with van der Waals surface area (Å²) in [7, 11) is 0.